The first-order valence-electron chi connectivity index (χ1n) is 3.53. The predicted octanol–water partition coefficient (Wildman–Crippen LogP) is 1.83. The van der Waals surface area contributed by atoms with Crippen molar-refractivity contribution in [3.63, 3.8) is 0 Å². The molecule has 0 atom stereocenters. The van der Waals surface area contributed by atoms with E-state index in [1.807, 2.05) is 0 Å². The molecule has 0 aromatic heterocycles. The number of carbonyl (C=O) groups excluding carboxylic acids is 1. The molecule has 0 fully saturated rings. The van der Waals surface area contributed by atoms with Crippen LogP contribution < -0.4 is 3.53 Å². The van der Waals surface area contributed by atoms with Crippen molar-refractivity contribution in [3.05, 3.63) is 0 Å². The van der Waals surface area contributed by atoms with Gasteiger partial charge in [0.2, 0.25) is 0 Å². The third kappa shape index (κ3) is 4.53. The fraction of sp³-hybridized carbons (Fsp3) is 0.714. The molecule has 1 N–H and O–H groups in total. The van der Waals surface area contributed by atoms with Crippen LogP contribution in [0.2, 0.25) is 0 Å². The summed E-state index contributed by atoms with van der Waals surface area (Å²) in [7, 11) is 1.37. The summed E-state index contributed by atoms with van der Waals surface area (Å²) in [4.78, 5) is 14.6. The zero-order valence-electron chi connectivity index (χ0n) is 7.63. The summed E-state index contributed by atoms with van der Waals surface area (Å²) >= 11 is -1.51. The number of alkyl halides is 2. The van der Waals surface area contributed by atoms with Gasteiger partial charge < -0.3 is 0 Å². The first-order valence-corrected chi connectivity index (χ1v) is 7.38. The average Bonchev–Trinajstić information content (AvgIpc) is 2.03. The fourth-order valence-electron chi connectivity index (χ4n) is 0.506. The van der Waals surface area contributed by atoms with Gasteiger partial charge in [0.25, 0.3) is 0 Å². The molecule has 0 radical (unpaired) electrons. The molecule has 72 valence electrons. The van der Waals surface area contributed by atoms with Crippen molar-refractivity contribution in [2.75, 3.05) is 11.7 Å². The number of carbonyl (C=O) groups is 1. The summed E-state index contributed by atoms with van der Waals surface area (Å²) in [6.07, 6.45) is -0.349. The Hall–Kier alpha value is -0.330. The molecule has 0 saturated heterocycles. The summed E-state index contributed by atoms with van der Waals surface area (Å²) in [5, 5.41) is 0. The van der Waals surface area contributed by atoms with Crippen molar-refractivity contribution in [1.29, 1.82) is 0 Å². The van der Waals surface area contributed by atoms with Gasteiger partial charge in [-0.15, -0.1) is 0 Å². The van der Waals surface area contributed by atoms with Crippen molar-refractivity contribution < 1.29 is 9.53 Å². The molecular formula is C7H15IN2O2. The first-order chi connectivity index (χ1) is 5.61. The molecule has 0 aliphatic rings. The molecule has 5 heteroatoms. The quantitative estimate of drug-likeness (QED) is 0.282. The van der Waals surface area contributed by atoms with Crippen LogP contribution in [0.15, 0.2) is 4.99 Å². The third-order valence-corrected chi connectivity index (χ3v) is 6.48. The Morgan fingerprint density at radius 2 is 2.33 bits per heavy atom. The molecule has 0 aliphatic carbocycles. The van der Waals surface area contributed by atoms with Crippen LogP contribution in [0.25, 0.3) is 0 Å². The molecule has 0 aromatic rings. The second kappa shape index (κ2) is 6.22. The minimum atomic E-state index is -1.51. The van der Waals surface area contributed by atoms with Gasteiger partial charge in [-0.2, -0.15) is 0 Å². The van der Waals surface area contributed by atoms with Crippen molar-refractivity contribution in [1.82, 2.24) is 3.53 Å². The van der Waals surface area contributed by atoms with Crippen molar-refractivity contribution in [2.45, 2.75) is 17.8 Å². The predicted molar refractivity (Wildman–Crippen MR) is 59.1 cm³/mol. The number of amides is 1. The molecule has 0 unspecified atom stereocenters. The van der Waals surface area contributed by atoms with E-state index in [4.69, 9.17) is 0 Å². The molecule has 0 saturated carbocycles. The standard InChI is InChI=1S/C7H15IN2O2/c1-6(2)8(5-9-3)10-7(11)12-4/h6H,3,5H2,1-2,4H3,(H,10,11). The number of nitrogens with one attached hydrogen (secondary N) is 1. The summed E-state index contributed by atoms with van der Waals surface area (Å²) in [6.45, 7) is 7.56. The Labute approximate surface area is 80.5 Å². The maximum atomic E-state index is 10.8. The number of aliphatic imine (C=N–C) groups is 1. The molecule has 0 bridgehead atoms. The zero-order valence-corrected chi connectivity index (χ0v) is 9.79. The number of methoxy groups -OCH3 is 1. The first kappa shape index (κ1) is 11.7. The molecule has 4 nitrogen and oxygen atoms in total. The minimum absolute atomic E-state index is 0.349. The molecule has 0 spiro atoms. The maximum absolute atomic E-state index is 10.8. The van der Waals surface area contributed by atoms with Crippen LogP contribution >= 0.6 is 20.1 Å². The topological polar surface area (TPSA) is 50.7 Å². The second-order valence-corrected chi connectivity index (χ2v) is 8.32. The number of ether oxygens (including phenoxy) is 1. The van der Waals surface area contributed by atoms with Crippen LogP contribution in [0.3, 0.4) is 0 Å². The molecule has 12 heavy (non-hydrogen) atoms. The Morgan fingerprint density at radius 1 is 1.75 bits per heavy atom. The van der Waals surface area contributed by atoms with Gasteiger partial charge in [0.15, 0.2) is 0 Å². The Balaban J connectivity index is 3.94. The van der Waals surface area contributed by atoms with E-state index in [1.54, 1.807) is 0 Å². The summed E-state index contributed by atoms with van der Waals surface area (Å²) < 4.78 is 8.50. The number of nitrogens with zero attached hydrogens (tertiary/aromatic N) is 1. The monoisotopic (exact) mass is 286 g/mol. The van der Waals surface area contributed by atoms with Crippen molar-refractivity contribution in [2.24, 2.45) is 4.99 Å². The van der Waals surface area contributed by atoms with Crippen LogP contribution in [-0.4, -0.2) is 28.4 Å². The zero-order chi connectivity index (χ0) is 9.56. The SMILES string of the molecule is C=NCI(NC(=O)OC)C(C)C. The van der Waals surface area contributed by atoms with Gasteiger partial charge in [-0.05, 0) is 0 Å². The summed E-state index contributed by atoms with van der Waals surface area (Å²) in [6, 6.07) is 0. The van der Waals surface area contributed by atoms with Gasteiger partial charge in [-0.25, -0.2) is 0 Å². The van der Waals surface area contributed by atoms with Gasteiger partial charge in [0.05, 0.1) is 0 Å². The normalized spacial score (nSPS) is 10.8. The third-order valence-electron chi connectivity index (χ3n) is 1.12. The summed E-state index contributed by atoms with van der Waals surface area (Å²) in [5.41, 5.74) is 0. The average molecular weight is 286 g/mol. The van der Waals surface area contributed by atoms with Gasteiger partial charge >= 0.3 is 80.4 Å². The van der Waals surface area contributed by atoms with Gasteiger partial charge in [-0.1, -0.05) is 0 Å². The Kier molecular flexibility index (Phi) is 6.04. The van der Waals surface area contributed by atoms with Gasteiger partial charge in [0, 0.05) is 0 Å². The van der Waals surface area contributed by atoms with E-state index in [1.165, 1.54) is 7.11 Å². The molecular weight excluding hydrogens is 271 g/mol. The van der Waals surface area contributed by atoms with E-state index in [0.717, 1.165) is 0 Å². The summed E-state index contributed by atoms with van der Waals surface area (Å²) in [5.74, 6) is 0. The number of halogens is 1. The van der Waals surface area contributed by atoms with Crippen LogP contribution in [-0.2, 0) is 4.74 Å². The van der Waals surface area contributed by atoms with E-state index < -0.39 is 20.1 Å². The number of hydrogen-bond donors (Lipinski definition) is 1. The number of rotatable bonds is 4. The van der Waals surface area contributed by atoms with E-state index >= 15 is 0 Å². The van der Waals surface area contributed by atoms with Crippen LogP contribution in [0.4, 0.5) is 4.79 Å². The van der Waals surface area contributed by atoms with Crippen LogP contribution in [0.5, 0.6) is 0 Å². The number of hydrogen-bond acceptors (Lipinski definition) is 3. The fourth-order valence-corrected chi connectivity index (χ4v) is 3.39. The second-order valence-electron chi connectivity index (χ2n) is 2.34. The molecule has 0 aliphatic heterocycles. The molecule has 0 aromatic carbocycles. The van der Waals surface area contributed by atoms with Gasteiger partial charge in [0.1, 0.15) is 0 Å². The van der Waals surface area contributed by atoms with Crippen LogP contribution in [0, 0.1) is 0 Å². The Morgan fingerprint density at radius 3 is 2.67 bits per heavy atom. The molecule has 0 rings (SSSR count). The van der Waals surface area contributed by atoms with E-state index in [0.29, 0.717) is 8.48 Å². The van der Waals surface area contributed by atoms with Crippen molar-refractivity contribution in [3.8, 4) is 0 Å². The molecule has 1 amide bonds. The van der Waals surface area contributed by atoms with E-state index in [-0.39, 0.29) is 6.09 Å². The van der Waals surface area contributed by atoms with Gasteiger partial charge in [-0.3, -0.25) is 0 Å². The van der Waals surface area contributed by atoms with E-state index in [9.17, 15) is 4.79 Å². The Bertz CT molecular complexity index is 161. The van der Waals surface area contributed by atoms with Crippen LogP contribution in [0.1, 0.15) is 13.8 Å². The molecule has 0 heterocycles. The van der Waals surface area contributed by atoms with E-state index in [2.05, 4.69) is 33.8 Å². The van der Waals surface area contributed by atoms with Crippen molar-refractivity contribution >= 4 is 32.9 Å².